The Bertz CT molecular complexity index is 658. The second-order valence-electron chi connectivity index (χ2n) is 4.38. The molecule has 0 unspecified atom stereocenters. The van der Waals surface area contributed by atoms with Gasteiger partial charge in [-0.05, 0) is 30.7 Å². The molecule has 0 saturated carbocycles. The van der Waals surface area contributed by atoms with Gasteiger partial charge in [-0.25, -0.2) is 10.8 Å². The van der Waals surface area contributed by atoms with Crippen molar-refractivity contribution < 1.29 is 14.3 Å². The van der Waals surface area contributed by atoms with Crippen molar-refractivity contribution >= 4 is 23.0 Å². The number of carbonyl (C=O) groups is 2. The van der Waals surface area contributed by atoms with E-state index < -0.39 is 0 Å². The molecule has 1 aliphatic rings. The van der Waals surface area contributed by atoms with Crippen LogP contribution in [-0.4, -0.2) is 28.8 Å². The van der Waals surface area contributed by atoms with Crippen LogP contribution in [0.3, 0.4) is 0 Å². The third kappa shape index (κ3) is 3.87. The summed E-state index contributed by atoms with van der Waals surface area (Å²) in [7, 11) is 1.41. The second-order valence-corrected chi connectivity index (χ2v) is 5.44. The zero-order valence-corrected chi connectivity index (χ0v) is 12.5. The summed E-state index contributed by atoms with van der Waals surface area (Å²) in [5, 5.41) is 3.73. The minimum Gasteiger partial charge on any atom is -0.493 e. The lowest BCUT2D eigenvalue weighted by Crippen LogP contribution is -2.34. The third-order valence-corrected chi connectivity index (χ3v) is 3.59. The summed E-state index contributed by atoms with van der Waals surface area (Å²) in [6.45, 7) is 1.88. The molecule has 7 heteroatoms. The molecule has 1 aromatic heterocycles. The van der Waals surface area contributed by atoms with Crippen LogP contribution in [0.25, 0.3) is 0 Å². The quantitative estimate of drug-likeness (QED) is 0.514. The van der Waals surface area contributed by atoms with Crippen molar-refractivity contribution in [3.8, 4) is 0 Å². The number of hydrogen-bond acceptors (Lipinski definition) is 6. The first-order chi connectivity index (χ1) is 9.99. The van der Waals surface area contributed by atoms with Crippen LogP contribution in [0.15, 0.2) is 41.1 Å². The highest BCUT2D eigenvalue weighted by Crippen LogP contribution is 2.14. The molecule has 0 aliphatic heterocycles. The third-order valence-electron chi connectivity index (χ3n) is 2.76. The van der Waals surface area contributed by atoms with E-state index in [2.05, 4.69) is 4.98 Å². The van der Waals surface area contributed by atoms with E-state index in [1.54, 1.807) is 6.08 Å². The van der Waals surface area contributed by atoms with Crippen molar-refractivity contribution in [1.82, 2.24) is 9.99 Å². The van der Waals surface area contributed by atoms with Crippen LogP contribution < -0.4 is 5.84 Å². The van der Waals surface area contributed by atoms with Gasteiger partial charge in [-0.1, -0.05) is 0 Å². The van der Waals surface area contributed by atoms with Crippen LogP contribution in [0.1, 0.15) is 10.7 Å². The SMILES string of the molecule is COC1=CC(=CN(N)C(=O)Cc2csc(C)n2)C=CC1=O. The van der Waals surface area contributed by atoms with Crippen LogP contribution in [-0.2, 0) is 20.7 Å². The summed E-state index contributed by atoms with van der Waals surface area (Å²) in [5.74, 6) is 5.42. The molecule has 0 radical (unpaired) electrons. The topological polar surface area (TPSA) is 85.5 Å². The standard InChI is InChI=1S/C14H15N3O3S/c1-9-16-11(8-21-9)6-14(19)17(15)7-10-3-4-12(18)13(5-10)20-2/h3-5,7-8H,6,15H2,1-2H3. The van der Waals surface area contributed by atoms with Crippen molar-refractivity contribution in [1.29, 1.82) is 0 Å². The Morgan fingerprint density at radius 2 is 2.29 bits per heavy atom. The molecule has 110 valence electrons. The van der Waals surface area contributed by atoms with Crippen LogP contribution in [0.5, 0.6) is 0 Å². The lowest BCUT2D eigenvalue weighted by Gasteiger charge is -2.13. The molecule has 0 bridgehead atoms. The Hall–Kier alpha value is -2.25. The smallest absolute Gasteiger partial charge is 0.246 e. The molecule has 1 aromatic rings. The van der Waals surface area contributed by atoms with Gasteiger partial charge in [-0.15, -0.1) is 11.3 Å². The van der Waals surface area contributed by atoms with E-state index in [-0.39, 0.29) is 23.9 Å². The predicted octanol–water partition coefficient (Wildman–Crippen LogP) is 1.25. The summed E-state index contributed by atoms with van der Waals surface area (Å²) in [6, 6.07) is 0. The minimum atomic E-state index is -0.287. The maximum Gasteiger partial charge on any atom is 0.246 e. The Kier molecular flexibility index (Phi) is 4.66. The zero-order chi connectivity index (χ0) is 15.4. The number of allylic oxidation sites excluding steroid dienone is 4. The van der Waals surface area contributed by atoms with E-state index in [0.29, 0.717) is 11.3 Å². The first-order valence-electron chi connectivity index (χ1n) is 6.17. The van der Waals surface area contributed by atoms with E-state index in [1.165, 1.54) is 36.8 Å². The van der Waals surface area contributed by atoms with Crippen LogP contribution >= 0.6 is 11.3 Å². The van der Waals surface area contributed by atoms with Crippen molar-refractivity contribution in [2.24, 2.45) is 5.84 Å². The Labute approximate surface area is 126 Å². The van der Waals surface area contributed by atoms with Gasteiger partial charge in [0.25, 0.3) is 0 Å². The normalized spacial score (nSPS) is 16.0. The van der Waals surface area contributed by atoms with Gasteiger partial charge < -0.3 is 4.74 Å². The molecule has 0 fully saturated rings. The minimum absolute atomic E-state index is 0.133. The van der Waals surface area contributed by atoms with Gasteiger partial charge in [-0.2, -0.15) is 0 Å². The Balaban J connectivity index is 2.06. The van der Waals surface area contributed by atoms with Gasteiger partial charge in [-0.3, -0.25) is 14.6 Å². The first-order valence-corrected chi connectivity index (χ1v) is 7.05. The van der Waals surface area contributed by atoms with Crippen LogP contribution in [0.4, 0.5) is 0 Å². The molecule has 6 nitrogen and oxygen atoms in total. The number of ether oxygens (including phenoxy) is 1. The number of carbonyl (C=O) groups excluding carboxylic acids is 2. The summed E-state index contributed by atoms with van der Waals surface area (Å²) in [4.78, 5) is 27.6. The second kappa shape index (κ2) is 6.47. The zero-order valence-electron chi connectivity index (χ0n) is 11.7. The van der Waals surface area contributed by atoms with Gasteiger partial charge in [0, 0.05) is 11.6 Å². The summed E-state index contributed by atoms with van der Waals surface area (Å²) < 4.78 is 4.94. The number of thiazole rings is 1. The number of nitrogens with two attached hydrogens (primary N) is 1. The van der Waals surface area contributed by atoms with Crippen molar-refractivity contribution in [2.75, 3.05) is 7.11 Å². The Morgan fingerprint density at radius 1 is 1.52 bits per heavy atom. The molecule has 1 amide bonds. The Morgan fingerprint density at radius 3 is 2.90 bits per heavy atom. The van der Waals surface area contributed by atoms with E-state index in [9.17, 15) is 9.59 Å². The highest BCUT2D eigenvalue weighted by molar-refractivity contribution is 7.09. The fraction of sp³-hybridized carbons (Fsp3) is 0.214. The highest BCUT2D eigenvalue weighted by Gasteiger charge is 2.14. The van der Waals surface area contributed by atoms with E-state index in [0.717, 1.165) is 10.0 Å². The van der Waals surface area contributed by atoms with Crippen molar-refractivity contribution in [2.45, 2.75) is 13.3 Å². The van der Waals surface area contributed by atoms with Gasteiger partial charge in [0.05, 0.1) is 24.2 Å². The maximum absolute atomic E-state index is 12.0. The van der Waals surface area contributed by atoms with Crippen molar-refractivity contribution in [3.05, 3.63) is 51.8 Å². The first kappa shape index (κ1) is 15.1. The number of amides is 1. The number of aromatic nitrogens is 1. The number of hydrazine groups is 1. The van der Waals surface area contributed by atoms with E-state index >= 15 is 0 Å². The maximum atomic E-state index is 12.0. The highest BCUT2D eigenvalue weighted by atomic mass is 32.1. The van der Waals surface area contributed by atoms with Crippen LogP contribution in [0.2, 0.25) is 0 Å². The molecule has 0 saturated heterocycles. The monoisotopic (exact) mass is 305 g/mol. The number of nitrogens with zero attached hydrogens (tertiary/aromatic N) is 2. The van der Waals surface area contributed by atoms with E-state index in [1.807, 2.05) is 12.3 Å². The molecule has 1 heterocycles. The van der Waals surface area contributed by atoms with Gasteiger partial charge in [0.1, 0.15) is 0 Å². The molecule has 0 aromatic carbocycles. The molecule has 1 aliphatic carbocycles. The summed E-state index contributed by atoms with van der Waals surface area (Å²) in [5.41, 5.74) is 1.30. The average Bonchev–Trinajstić information content (AvgIpc) is 2.86. The largest absolute Gasteiger partial charge is 0.493 e. The number of aryl methyl sites for hydroxylation is 1. The lowest BCUT2D eigenvalue weighted by molar-refractivity contribution is -0.128. The van der Waals surface area contributed by atoms with Gasteiger partial charge in [0.2, 0.25) is 11.7 Å². The fourth-order valence-electron chi connectivity index (χ4n) is 1.73. The summed E-state index contributed by atoms with van der Waals surface area (Å²) in [6.07, 6.45) is 6.05. The number of ketones is 1. The predicted molar refractivity (Wildman–Crippen MR) is 78.9 cm³/mol. The molecule has 2 rings (SSSR count). The van der Waals surface area contributed by atoms with Crippen LogP contribution in [0, 0.1) is 6.92 Å². The number of rotatable bonds is 4. The number of methoxy groups -OCH3 is 1. The lowest BCUT2D eigenvalue weighted by atomic mass is 10.1. The average molecular weight is 305 g/mol. The molecule has 0 atom stereocenters. The molecular formula is C14H15N3O3S. The molecule has 0 spiro atoms. The molecule has 2 N–H and O–H groups in total. The van der Waals surface area contributed by atoms with E-state index in [4.69, 9.17) is 10.6 Å². The molecule has 21 heavy (non-hydrogen) atoms. The van der Waals surface area contributed by atoms with Gasteiger partial charge in [0.15, 0.2) is 5.76 Å². The van der Waals surface area contributed by atoms with Gasteiger partial charge >= 0.3 is 0 Å². The fourth-order valence-corrected chi connectivity index (χ4v) is 2.35. The number of hydrogen-bond donors (Lipinski definition) is 1. The van der Waals surface area contributed by atoms with Crippen molar-refractivity contribution in [3.63, 3.8) is 0 Å². The summed E-state index contributed by atoms with van der Waals surface area (Å²) >= 11 is 1.48. The molecular weight excluding hydrogens is 290 g/mol.